The molecular weight excluding hydrogens is 410 g/mol. The van der Waals surface area contributed by atoms with Gasteiger partial charge in [-0.2, -0.15) is 5.26 Å². The van der Waals surface area contributed by atoms with Crippen LogP contribution in [-0.4, -0.2) is 23.1 Å². The third-order valence-corrected chi connectivity index (χ3v) is 7.24. The first-order valence-electron chi connectivity index (χ1n) is 10.0. The van der Waals surface area contributed by atoms with Crippen LogP contribution in [0.4, 0.5) is 5.00 Å². The van der Waals surface area contributed by atoms with Crippen LogP contribution in [0.25, 0.3) is 0 Å². The predicted molar refractivity (Wildman–Crippen MR) is 124 cm³/mol. The fourth-order valence-corrected chi connectivity index (χ4v) is 5.74. The summed E-state index contributed by atoms with van der Waals surface area (Å²) in [6.45, 7) is 2.65. The smallest absolute Gasteiger partial charge is 0.225 e. The summed E-state index contributed by atoms with van der Waals surface area (Å²) in [5.74, 6) is 0.683. The van der Waals surface area contributed by atoms with Crippen molar-refractivity contribution in [1.29, 1.82) is 5.26 Å². The van der Waals surface area contributed by atoms with Crippen molar-refractivity contribution in [3.05, 3.63) is 82.2 Å². The van der Waals surface area contributed by atoms with E-state index in [0.717, 1.165) is 36.5 Å². The molecule has 2 aromatic carbocycles. The van der Waals surface area contributed by atoms with Crippen molar-refractivity contribution in [1.82, 2.24) is 4.90 Å². The van der Waals surface area contributed by atoms with E-state index in [4.69, 9.17) is 0 Å². The third kappa shape index (κ3) is 5.11. The second-order valence-corrected chi connectivity index (χ2v) is 9.50. The molecule has 0 radical (unpaired) electrons. The van der Waals surface area contributed by atoms with Gasteiger partial charge in [-0.05, 0) is 29.7 Å². The maximum atomic E-state index is 12.5. The molecule has 0 aliphatic carbocycles. The Morgan fingerprint density at radius 2 is 1.87 bits per heavy atom. The van der Waals surface area contributed by atoms with Crippen LogP contribution in [0.1, 0.15) is 28.0 Å². The number of amides is 1. The van der Waals surface area contributed by atoms with Crippen LogP contribution >= 0.6 is 23.1 Å². The average Bonchev–Trinajstić information content (AvgIpc) is 3.11. The Labute approximate surface area is 185 Å². The number of thioether (sulfide) groups is 1. The van der Waals surface area contributed by atoms with E-state index in [0.29, 0.717) is 22.7 Å². The van der Waals surface area contributed by atoms with Crippen molar-refractivity contribution in [3.8, 4) is 6.07 Å². The van der Waals surface area contributed by atoms with Crippen LogP contribution in [-0.2, 0) is 24.3 Å². The lowest BCUT2D eigenvalue weighted by atomic mass is 10.0. The van der Waals surface area contributed by atoms with Gasteiger partial charge in [-0.1, -0.05) is 48.5 Å². The Morgan fingerprint density at radius 3 is 2.60 bits per heavy atom. The van der Waals surface area contributed by atoms with Crippen LogP contribution in [0, 0.1) is 11.3 Å². The number of fused-ring (bicyclic) bond motifs is 1. The van der Waals surface area contributed by atoms with E-state index in [-0.39, 0.29) is 5.91 Å². The summed E-state index contributed by atoms with van der Waals surface area (Å²) in [6, 6.07) is 22.8. The van der Waals surface area contributed by atoms with Gasteiger partial charge < -0.3 is 5.32 Å². The molecule has 30 heavy (non-hydrogen) atoms. The molecule has 0 saturated carbocycles. The van der Waals surface area contributed by atoms with Crippen molar-refractivity contribution in [2.45, 2.75) is 30.8 Å². The van der Waals surface area contributed by atoms with E-state index in [2.05, 4.69) is 40.6 Å². The Kier molecular flexibility index (Phi) is 6.85. The summed E-state index contributed by atoms with van der Waals surface area (Å²) in [7, 11) is 0. The van der Waals surface area contributed by atoms with E-state index in [9.17, 15) is 10.1 Å². The molecule has 3 aromatic rings. The van der Waals surface area contributed by atoms with Crippen molar-refractivity contribution >= 4 is 34.0 Å². The molecule has 0 spiro atoms. The van der Waals surface area contributed by atoms with Crippen LogP contribution in [0.5, 0.6) is 0 Å². The molecule has 0 unspecified atom stereocenters. The van der Waals surface area contributed by atoms with Gasteiger partial charge in [-0.3, -0.25) is 9.69 Å². The number of rotatable bonds is 7. The zero-order valence-corrected chi connectivity index (χ0v) is 18.3. The number of thiophene rings is 1. The monoisotopic (exact) mass is 433 g/mol. The zero-order valence-electron chi connectivity index (χ0n) is 16.6. The molecule has 1 amide bonds. The minimum atomic E-state index is -0.0327. The van der Waals surface area contributed by atoms with E-state index in [1.165, 1.54) is 10.4 Å². The average molecular weight is 434 g/mol. The largest absolute Gasteiger partial charge is 0.317 e. The fraction of sp³-hybridized carbons (Fsp3) is 0.250. The number of nitrogens with one attached hydrogen (secondary N) is 1. The van der Waals surface area contributed by atoms with E-state index in [1.54, 1.807) is 23.1 Å². The van der Waals surface area contributed by atoms with Crippen LogP contribution in [0.2, 0.25) is 0 Å². The molecule has 1 aromatic heterocycles. The van der Waals surface area contributed by atoms with Crippen molar-refractivity contribution in [2.75, 3.05) is 17.6 Å². The highest BCUT2D eigenvalue weighted by Crippen LogP contribution is 2.37. The van der Waals surface area contributed by atoms with Gasteiger partial charge in [0.15, 0.2) is 0 Å². The number of carbonyl (C=O) groups is 1. The number of nitrogens with zero attached hydrogens (tertiary/aromatic N) is 2. The Balaban J connectivity index is 1.36. The van der Waals surface area contributed by atoms with Gasteiger partial charge >= 0.3 is 0 Å². The fourth-order valence-electron chi connectivity index (χ4n) is 3.61. The molecule has 4 rings (SSSR count). The maximum absolute atomic E-state index is 12.5. The van der Waals surface area contributed by atoms with Gasteiger partial charge in [-0.25, -0.2) is 0 Å². The molecule has 4 nitrogen and oxygen atoms in total. The van der Waals surface area contributed by atoms with E-state index < -0.39 is 0 Å². The molecule has 0 bridgehead atoms. The molecule has 1 N–H and O–H groups in total. The highest BCUT2D eigenvalue weighted by molar-refractivity contribution is 7.99. The molecule has 0 fully saturated rings. The molecule has 0 atom stereocenters. The number of carbonyl (C=O) groups excluding carboxylic acids is 1. The molecule has 152 valence electrons. The lowest BCUT2D eigenvalue weighted by Crippen LogP contribution is -2.29. The van der Waals surface area contributed by atoms with Crippen LogP contribution in [0.3, 0.4) is 0 Å². The summed E-state index contributed by atoms with van der Waals surface area (Å²) < 4.78 is 0. The first-order chi connectivity index (χ1) is 14.7. The predicted octanol–water partition coefficient (Wildman–Crippen LogP) is 5.30. The SMILES string of the molecule is N#Cc1c(NC(=O)CCSc2ccccc2)sc2c1CCN(Cc1ccccc1)C2. The Bertz CT molecular complexity index is 1040. The number of nitriles is 1. The highest BCUT2D eigenvalue weighted by atomic mass is 32.2. The summed E-state index contributed by atoms with van der Waals surface area (Å²) in [5.41, 5.74) is 3.06. The zero-order chi connectivity index (χ0) is 20.8. The van der Waals surface area contributed by atoms with Gasteiger partial charge in [0.2, 0.25) is 5.91 Å². The van der Waals surface area contributed by atoms with E-state index >= 15 is 0 Å². The summed E-state index contributed by atoms with van der Waals surface area (Å²) in [6.07, 6.45) is 1.27. The topological polar surface area (TPSA) is 56.1 Å². The lowest BCUT2D eigenvalue weighted by molar-refractivity contribution is -0.115. The van der Waals surface area contributed by atoms with Gasteiger partial charge in [0.05, 0.1) is 5.56 Å². The molecule has 0 saturated heterocycles. The molecule has 1 aliphatic rings. The summed E-state index contributed by atoms with van der Waals surface area (Å²) >= 11 is 3.22. The highest BCUT2D eigenvalue weighted by Gasteiger charge is 2.25. The summed E-state index contributed by atoms with van der Waals surface area (Å²) in [4.78, 5) is 17.2. The standard InChI is InChI=1S/C24H23N3OS2/c25-15-21-20-11-13-27(16-18-7-3-1-4-8-18)17-22(20)30-24(21)26-23(28)12-14-29-19-9-5-2-6-10-19/h1-10H,11-14,16-17H2,(H,26,28). The summed E-state index contributed by atoms with van der Waals surface area (Å²) in [5, 5.41) is 13.4. The van der Waals surface area contributed by atoms with Crippen LogP contribution in [0.15, 0.2) is 65.6 Å². The number of hydrogen-bond donors (Lipinski definition) is 1. The first-order valence-corrected chi connectivity index (χ1v) is 11.8. The Morgan fingerprint density at radius 1 is 1.13 bits per heavy atom. The van der Waals surface area contributed by atoms with E-state index in [1.807, 2.05) is 36.4 Å². The number of anilines is 1. The second kappa shape index (κ2) is 9.94. The van der Waals surface area contributed by atoms with Crippen molar-refractivity contribution in [2.24, 2.45) is 0 Å². The number of benzene rings is 2. The molecule has 1 aliphatic heterocycles. The number of hydrogen-bond acceptors (Lipinski definition) is 5. The molecular formula is C24H23N3OS2. The minimum absolute atomic E-state index is 0.0327. The quantitative estimate of drug-likeness (QED) is 0.514. The van der Waals surface area contributed by atoms with Gasteiger partial charge in [-0.15, -0.1) is 23.1 Å². The lowest BCUT2D eigenvalue weighted by Gasteiger charge is -2.26. The minimum Gasteiger partial charge on any atom is -0.317 e. The van der Waals surface area contributed by atoms with Crippen molar-refractivity contribution < 1.29 is 4.79 Å². The van der Waals surface area contributed by atoms with Gasteiger partial charge in [0.1, 0.15) is 11.1 Å². The maximum Gasteiger partial charge on any atom is 0.225 e. The third-order valence-electron chi connectivity index (χ3n) is 5.09. The second-order valence-electron chi connectivity index (χ2n) is 7.23. The Hall–Kier alpha value is -2.59. The normalized spacial score (nSPS) is 13.4. The van der Waals surface area contributed by atoms with Gasteiger partial charge in [0.25, 0.3) is 0 Å². The first kappa shape index (κ1) is 20.7. The van der Waals surface area contributed by atoms with Crippen LogP contribution < -0.4 is 5.32 Å². The molecule has 2 heterocycles. The molecule has 6 heteroatoms. The van der Waals surface area contributed by atoms with Crippen molar-refractivity contribution in [3.63, 3.8) is 0 Å². The van der Waals surface area contributed by atoms with Gasteiger partial charge in [0, 0.05) is 41.6 Å².